The first-order chi connectivity index (χ1) is 15.2. The molecule has 1 N–H and O–H groups in total. The molecule has 1 amide bonds. The number of aromatic nitrogens is 2. The molecule has 7 heteroatoms. The number of ether oxygens (including phenoxy) is 1. The van der Waals surface area contributed by atoms with Gasteiger partial charge in [-0.15, -0.1) is 11.8 Å². The van der Waals surface area contributed by atoms with Crippen molar-refractivity contribution in [2.24, 2.45) is 0 Å². The smallest absolute Gasteiger partial charge is 0.256 e. The molecule has 3 aromatic carbocycles. The number of hydrogen-bond donors (Lipinski definition) is 1. The van der Waals surface area contributed by atoms with E-state index in [4.69, 9.17) is 9.26 Å². The first-order valence-electron chi connectivity index (χ1n) is 9.76. The highest BCUT2D eigenvalue weighted by molar-refractivity contribution is 7.98. The zero-order valence-corrected chi connectivity index (χ0v) is 17.8. The first-order valence-corrected chi connectivity index (χ1v) is 10.7. The summed E-state index contributed by atoms with van der Waals surface area (Å²) in [6.45, 7) is 2.25. The van der Waals surface area contributed by atoms with E-state index < -0.39 is 0 Å². The number of nitrogens with zero attached hydrogens (tertiary/aromatic N) is 2. The number of amides is 1. The Balaban J connectivity index is 1.36. The van der Waals surface area contributed by atoms with Gasteiger partial charge >= 0.3 is 0 Å². The topological polar surface area (TPSA) is 77.2 Å². The summed E-state index contributed by atoms with van der Waals surface area (Å²) in [4.78, 5) is 17.9. The number of anilines is 1. The minimum Gasteiger partial charge on any atom is -0.489 e. The Morgan fingerprint density at radius 3 is 2.48 bits per heavy atom. The molecule has 0 saturated heterocycles. The van der Waals surface area contributed by atoms with Crippen LogP contribution in [-0.2, 0) is 12.4 Å². The van der Waals surface area contributed by atoms with E-state index >= 15 is 0 Å². The first kappa shape index (κ1) is 20.7. The molecule has 0 radical (unpaired) electrons. The number of thioether (sulfide) groups is 1. The Kier molecular flexibility index (Phi) is 6.64. The van der Waals surface area contributed by atoms with Crippen LogP contribution in [0, 0.1) is 6.92 Å². The average Bonchev–Trinajstić information content (AvgIpc) is 3.23. The van der Waals surface area contributed by atoms with Crippen molar-refractivity contribution in [1.29, 1.82) is 0 Å². The lowest BCUT2D eigenvalue weighted by atomic mass is 10.2. The maximum atomic E-state index is 12.8. The van der Waals surface area contributed by atoms with Gasteiger partial charge in [0.05, 0.1) is 11.3 Å². The number of nitrogens with one attached hydrogen (secondary N) is 1. The number of rotatable bonds is 8. The SMILES string of the molecule is Cc1nc(CSc2ccccc2C(=O)Nc2ccc(OCc3ccccc3)cc2)no1. The van der Waals surface area contributed by atoms with E-state index in [2.05, 4.69) is 15.5 Å². The molecule has 0 aliphatic carbocycles. The highest BCUT2D eigenvalue weighted by Gasteiger charge is 2.13. The molecule has 31 heavy (non-hydrogen) atoms. The molecule has 0 unspecified atom stereocenters. The normalized spacial score (nSPS) is 10.6. The summed E-state index contributed by atoms with van der Waals surface area (Å²) in [5, 5.41) is 6.84. The molecule has 0 aliphatic rings. The molecule has 156 valence electrons. The van der Waals surface area contributed by atoms with Crippen LogP contribution in [-0.4, -0.2) is 16.0 Å². The lowest BCUT2D eigenvalue weighted by molar-refractivity contribution is 0.102. The summed E-state index contributed by atoms with van der Waals surface area (Å²) in [5.74, 6) is 2.22. The van der Waals surface area contributed by atoms with E-state index in [1.165, 1.54) is 11.8 Å². The van der Waals surface area contributed by atoms with E-state index in [0.717, 1.165) is 16.2 Å². The maximum absolute atomic E-state index is 12.8. The fourth-order valence-electron chi connectivity index (χ4n) is 2.90. The van der Waals surface area contributed by atoms with Gasteiger partial charge in [0.15, 0.2) is 5.82 Å². The maximum Gasteiger partial charge on any atom is 0.256 e. The van der Waals surface area contributed by atoms with E-state index in [-0.39, 0.29) is 5.91 Å². The van der Waals surface area contributed by atoms with Gasteiger partial charge < -0.3 is 14.6 Å². The van der Waals surface area contributed by atoms with E-state index in [9.17, 15) is 4.79 Å². The zero-order valence-electron chi connectivity index (χ0n) is 16.9. The van der Waals surface area contributed by atoms with Crippen molar-refractivity contribution in [3.8, 4) is 5.75 Å². The Bertz CT molecular complexity index is 1140. The number of aryl methyl sites for hydroxylation is 1. The van der Waals surface area contributed by atoms with Crippen molar-refractivity contribution < 1.29 is 14.1 Å². The van der Waals surface area contributed by atoms with Crippen LogP contribution in [0.25, 0.3) is 0 Å². The molecule has 0 fully saturated rings. The summed E-state index contributed by atoms with van der Waals surface area (Å²) in [6, 6.07) is 24.8. The standard InChI is InChI=1S/C24H21N3O3S/c1-17-25-23(27-30-17)16-31-22-10-6-5-9-21(22)24(28)26-19-11-13-20(14-12-19)29-15-18-7-3-2-4-8-18/h2-14H,15-16H2,1H3,(H,26,28). The van der Waals surface area contributed by atoms with Crippen molar-refractivity contribution >= 4 is 23.4 Å². The van der Waals surface area contributed by atoms with Gasteiger partial charge in [-0.05, 0) is 42.0 Å². The molecule has 1 heterocycles. The van der Waals surface area contributed by atoms with Gasteiger partial charge in [-0.25, -0.2) is 0 Å². The molecule has 0 saturated carbocycles. The minimum absolute atomic E-state index is 0.176. The Hall–Kier alpha value is -3.58. The summed E-state index contributed by atoms with van der Waals surface area (Å²) < 4.78 is 10.8. The second kappa shape index (κ2) is 9.95. The summed E-state index contributed by atoms with van der Waals surface area (Å²) in [7, 11) is 0. The molecule has 0 bridgehead atoms. The average molecular weight is 432 g/mol. The van der Waals surface area contributed by atoms with Gasteiger partial charge in [-0.3, -0.25) is 4.79 Å². The summed E-state index contributed by atoms with van der Waals surface area (Å²) >= 11 is 1.49. The zero-order chi connectivity index (χ0) is 21.5. The van der Waals surface area contributed by atoms with Crippen LogP contribution in [0.15, 0.2) is 88.3 Å². The fraction of sp³-hybridized carbons (Fsp3) is 0.125. The number of carbonyl (C=O) groups excluding carboxylic acids is 1. The Labute approximate surface area is 184 Å². The third-order valence-electron chi connectivity index (χ3n) is 4.42. The number of hydrogen-bond acceptors (Lipinski definition) is 6. The van der Waals surface area contributed by atoms with Crippen molar-refractivity contribution in [3.63, 3.8) is 0 Å². The lowest BCUT2D eigenvalue weighted by Crippen LogP contribution is -2.13. The number of benzene rings is 3. The molecule has 0 atom stereocenters. The highest BCUT2D eigenvalue weighted by Crippen LogP contribution is 2.26. The van der Waals surface area contributed by atoms with Crippen molar-refractivity contribution in [3.05, 3.63) is 102 Å². The summed E-state index contributed by atoms with van der Waals surface area (Å²) in [5.41, 5.74) is 2.40. The fourth-order valence-corrected chi connectivity index (χ4v) is 3.79. The van der Waals surface area contributed by atoms with Crippen LogP contribution >= 0.6 is 11.8 Å². The van der Waals surface area contributed by atoms with Gasteiger partial charge in [0, 0.05) is 17.5 Å². The highest BCUT2D eigenvalue weighted by atomic mass is 32.2. The Morgan fingerprint density at radius 2 is 1.74 bits per heavy atom. The molecule has 0 spiro atoms. The van der Waals surface area contributed by atoms with E-state index in [1.807, 2.05) is 72.8 Å². The van der Waals surface area contributed by atoms with Crippen LogP contribution < -0.4 is 10.1 Å². The Morgan fingerprint density at radius 1 is 1.00 bits per heavy atom. The third-order valence-corrected chi connectivity index (χ3v) is 5.49. The van der Waals surface area contributed by atoms with Crippen LogP contribution in [0.1, 0.15) is 27.6 Å². The second-order valence-electron chi connectivity index (χ2n) is 6.77. The van der Waals surface area contributed by atoms with Gasteiger partial charge in [0.25, 0.3) is 5.91 Å². The monoisotopic (exact) mass is 431 g/mol. The van der Waals surface area contributed by atoms with Gasteiger partial charge in [0.1, 0.15) is 12.4 Å². The predicted octanol–water partition coefficient (Wildman–Crippen LogP) is 5.50. The second-order valence-corrected chi connectivity index (χ2v) is 7.78. The molecule has 4 rings (SSSR count). The van der Waals surface area contributed by atoms with E-state index in [0.29, 0.717) is 35.3 Å². The predicted molar refractivity (Wildman–Crippen MR) is 120 cm³/mol. The molecule has 0 aliphatic heterocycles. The van der Waals surface area contributed by atoms with Crippen LogP contribution in [0.3, 0.4) is 0 Å². The minimum atomic E-state index is -0.176. The van der Waals surface area contributed by atoms with Crippen molar-refractivity contribution in [2.75, 3.05) is 5.32 Å². The quantitative estimate of drug-likeness (QED) is 0.371. The lowest BCUT2D eigenvalue weighted by Gasteiger charge is -2.10. The van der Waals surface area contributed by atoms with Crippen LogP contribution in [0.5, 0.6) is 5.75 Å². The van der Waals surface area contributed by atoms with E-state index in [1.54, 1.807) is 13.0 Å². The molecule has 4 aromatic rings. The number of carbonyl (C=O) groups is 1. The van der Waals surface area contributed by atoms with Gasteiger partial charge in [-0.2, -0.15) is 4.98 Å². The summed E-state index contributed by atoms with van der Waals surface area (Å²) in [6.07, 6.45) is 0. The van der Waals surface area contributed by atoms with Crippen LogP contribution in [0.4, 0.5) is 5.69 Å². The van der Waals surface area contributed by atoms with Gasteiger partial charge in [-0.1, -0.05) is 47.6 Å². The van der Waals surface area contributed by atoms with Crippen molar-refractivity contribution in [2.45, 2.75) is 24.2 Å². The largest absolute Gasteiger partial charge is 0.489 e. The molecular weight excluding hydrogens is 410 g/mol. The third kappa shape index (κ3) is 5.73. The van der Waals surface area contributed by atoms with Crippen LogP contribution in [0.2, 0.25) is 0 Å². The van der Waals surface area contributed by atoms with Gasteiger partial charge in [0.2, 0.25) is 5.89 Å². The molecule has 6 nitrogen and oxygen atoms in total. The molecule has 1 aromatic heterocycles. The molecular formula is C24H21N3O3S. The van der Waals surface area contributed by atoms with Crippen molar-refractivity contribution in [1.82, 2.24) is 10.1 Å².